The highest BCUT2D eigenvalue weighted by Gasteiger charge is 2.12. The second-order valence-electron chi connectivity index (χ2n) is 3.64. The van der Waals surface area contributed by atoms with Crippen LogP contribution < -0.4 is 9.47 Å². The molecule has 0 bridgehead atoms. The zero-order valence-electron chi connectivity index (χ0n) is 11.7. The lowest BCUT2D eigenvalue weighted by Gasteiger charge is -2.16. The fourth-order valence-corrected chi connectivity index (χ4v) is 1.52. The van der Waals surface area contributed by atoms with Crippen molar-refractivity contribution in [3.8, 4) is 11.5 Å². The van der Waals surface area contributed by atoms with E-state index < -0.39 is 6.29 Å². The Bertz CT molecular complexity index is 338. The van der Waals surface area contributed by atoms with Gasteiger partial charge in [0.05, 0.1) is 0 Å². The van der Waals surface area contributed by atoms with Crippen LogP contribution in [0.2, 0.25) is 0 Å². The van der Waals surface area contributed by atoms with Crippen molar-refractivity contribution in [2.45, 2.75) is 6.29 Å². The van der Waals surface area contributed by atoms with Crippen LogP contribution >= 0.6 is 0 Å². The van der Waals surface area contributed by atoms with Crippen LogP contribution in [0, 0.1) is 0 Å². The smallest absolute Gasteiger partial charge is 0.188 e. The summed E-state index contributed by atoms with van der Waals surface area (Å²) in [5, 5.41) is 0. The summed E-state index contributed by atoms with van der Waals surface area (Å²) in [7, 11) is 6.23. The molecule has 0 heterocycles. The monoisotopic (exact) mass is 272 g/mol. The first-order chi connectivity index (χ1) is 9.24. The van der Waals surface area contributed by atoms with Gasteiger partial charge in [0, 0.05) is 40.1 Å². The molecule has 0 amide bonds. The Labute approximate surface area is 113 Å². The topological polar surface area (TPSA) is 55.4 Å². The van der Waals surface area contributed by atoms with Crippen molar-refractivity contribution in [1.29, 1.82) is 0 Å². The Morgan fingerprint density at radius 3 is 1.63 bits per heavy atom. The highest BCUT2D eigenvalue weighted by atomic mass is 16.7. The maximum atomic E-state index is 5.40. The molecule has 1 aromatic rings. The van der Waals surface area contributed by atoms with Gasteiger partial charge >= 0.3 is 0 Å². The van der Waals surface area contributed by atoms with E-state index in [0.29, 0.717) is 11.5 Å². The van der Waals surface area contributed by atoms with E-state index in [1.54, 1.807) is 46.6 Å². The van der Waals surface area contributed by atoms with Crippen molar-refractivity contribution < 1.29 is 28.4 Å². The van der Waals surface area contributed by atoms with Crippen molar-refractivity contribution in [3.63, 3.8) is 0 Å². The van der Waals surface area contributed by atoms with Gasteiger partial charge in [-0.3, -0.25) is 0 Å². The van der Waals surface area contributed by atoms with Gasteiger partial charge in [-0.15, -0.1) is 0 Å². The van der Waals surface area contributed by atoms with Crippen LogP contribution in [-0.4, -0.2) is 42.0 Å². The minimum Gasteiger partial charge on any atom is -0.467 e. The van der Waals surface area contributed by atoms with E-state index in [1.807, 2.05) is 0 Å². The van der Waals surface area contributed by atoms with Crippen LogP contribution in [0.4, 0.5) is 0 Å². The van der Waals surface area contributed by atoms with E-state index in [4.69, 9.17) is 28.4 Å². The minimum atomic E-state index is -0.490. The first-order valence-electron chi connectivity index (χ1n) is 5.69. The minimum absolute atomic E-state index is 0.151. The molecule has 0 unspecified atom stereocenters. The summed E-state index contributed by atoms with van der Waals surface area (Å²) >= 11 is 0. The normalized spacial score (nSPS) is 10.8. The van der Waals surface area contributed by atoms with Crippen LogP contribution in [0.1, 0.15) is 11.9 Å². The molecule has 0 atom stereocenters. The average molecular weight is 272 g/mol. The molecule has 6 nitrogen and oxygen atoms in total. The number of benzene rings is 1. The second kappa shape index (κ2) is 8.71. The molecular formula is C13H20O6. The lowest BCUT2D eigenvalue weighted by Crippen LogP contribution is -2.07. The predicted octanol–water partition coefficient (Wildman–Crippen LogP) is 1.94. The molecule has 0 saturated heterocycles. The van der Waals surface area contributed by atoms with E-state index in [2.05, 4.69) is 0 Å². The summed E-state index contributed by atoms with van der Waals surface area (Å²) in [6.07, 6.45) is -0.490. The maximum Gasteiger partial charge on any atom is 0.188 e. The van der Waals surface area contributed by atoms with Gasteiger partial charge in [0.15, 0.2) is 19.9 Å². The van der Waals surface area contributed by atoms with Gasteiger partial charge in [0.2, 0.25) is 0 Å². The lowest BCUT2D eigenvalue weighted by atomic mass is 10.2. The Morgan fingerprint density at radius 1 is 0.789 bits per heavy atom. The molecular weight excluding hydrogens is 252 g/mol. The molecule has 108 valence electrons. The molecule has 0 N–H and O–H groups in total. The quantitative estimate of drug-likeness (QED) is 0.640. The molecule has 1 aromatic carbocycles. The average Bonchev–Trinajstić information content (AvgIpc) is 2.44. The van der Waals surface area contributed by atoms with E-state index in [0.717, 1.165) is 5.56 Å². The molecule has 0 radical (unpaired) electrons. The van der Waals surface area contributed by atoms with Gasteiger partial charge in [-0.05, 0) is 12.1 Å². The third-order valence-corrected chi connectivity index (χ3v) is 2.29. The van der Waals surface area contributed by atoms with Gasteiger partial charge in [-0.1, -0.05) is 0 Å². The van der Waals surface area contributed by atoms with E-state index in [-0.39, 0.29) is 13.6 Å². The largest absolute Gasteiger partial charge is 0.467 e. The van der Waals surface area contributed by atoms with Gasteiger partial charge in [0.25, 0.3) is 0 Å². The number of hydrogen-bond acceptors (Lipinski definition) is 6. The van der Waals surface area contributed by atoms with Gasteiger partial charge in [-0.25, -0.2) is 0 Å². The summed E-state index contributed by atoms with van der Waals surface area (Å²) in [5.74, 6) is 1.20. The fraction of sp³-hybridized carbons (Fsp3) is 0.538. The Morgan fingerprint density at radius 2 is 1.26 bits per heavy atom. The summed E-state index contributed by atoms with van der Waals surface area (Å²) in [6, 6.07) is 5.34. The first kappa shape index (κ1) is 15.7. The molecule has 0 fully saturated rings. The van der Waals surface area contributed by atoms with E-state index in [9.17, 15) is 0 Å². The molecule has 0 aromatic heterocycles. The SMILES string of the molecule is COCOc1cc(OCOC)cc(C(OC)OC)c1. The molecule has 0 spiro atoms. The highest BCUT2D eigenvalue weighted by molar-refractivity contribution is 5.39. The summed E-state index contributed by atoms with van der Waals surface area (Å²) in [4.78, 5) is 0. The lowest BCUT2D eigenvalue weighted by molar-refractivity contribution is -0.106. The summed E-state index contributed by atoms with van der Waals surface area (Å²) < 4.78 is 31.0. The Balaban J connectivity index is 2.93. The highest BCUT2D eigenvalue weighted by Crippen LogP contribution is 2.28. The van der Waals surface area contributed by atoms with Crippen LogP contribution in [0.5, 0.6) is 11.5 Å². The molecule has 1 rings (SSSR count). The summed E-state index contributed by atoms with van der Waals surface area (Å²) in [6.45, 7) is 0.301. The van der Waals surface area contributed by atoms with Crippen molar-refractivity contribution in [2.24, 2.45) is 0 Å². The van der Waals surface area contributed by atoms with Crippen LogP contribution in [-0.2, 0) is 18.9 Å². The summed E-state index contributed by atoms with van der Waals surface area (Å²) in [5.41, 5.74) is 0.782. The van der Waals surface area contributed by atoms with Gasteiger partial charge in [0.1, 0.15) is 11.5 Å². The van der Waals surface area contributed by atoms with Gasteiger partial charge in [-0.2, -0.15) is 0 Å². The Kier molecular flexibility index (Phi) is 7.20. The fourth-order valence-electron chi connectivity index (χ4n) is 1.52. The second-order valence-corrected chi connectivity index (χ2v) is 3.64. The van der Waals surface area contributed by atoms with E-state index in [1.165, 1.54) is 0 Å². The number of methoxy groups -OCH3 is 4. The van der Waals surface area contributed by atoms with Crippen LogP contribution in [0.3, 0.4) is 0 Å². The number of hydrogen-bond donors (Lipinski definition) is 0. The van der Waals surface area contributed by atoms with Crippen LogP contribution in [0.25, 0.3) is 0 Å². The molecule has 0 aliphatic carbocycles. The standard InChI is InChI=1S/C13H20O6/c1-14-8-18-11-5-10(13(16-3)17-4)6-12(7-11)19-9-15-2/h5-7,13H,8-9H2,1-4H3. The van der Waals surface area contributed by atoms with Gasteiger partial charge < -0.3 is 28.4 Å². The number of ether oxygens (including phenoxy) is 6. The third kappa shape index (κ3) is 5.04. The zero-order chi connectivity index (χ0) is 14.1. The first-order valence-corrected chi connectivity index (χ1v) is 5.69. The van der Waals surface area contributed by atoms with Crippen molar-refractivity contribution >= 4 is 0 Å². The van der Waals surface area contributed by atoms with Crippen molar-refractivity contribution in [3.05, 3.63) is 23.8 Å². The molecule has 0 aliphatic heterocycles. The van der Waals surface area contributed by atoms with Crippen molar-refractivity contribution in [1.82, 2.24) is 0 Å². The molecule has 6 heteroatoms. The third-order valence-electron chi connectivity index (χ3n) is 2.29. The Hall–Kier alpha value is -1.34. The van der Waals surface area contributed by atoms with Crippen molar-refractivity contribution in [2.75, 3.05) is 42.0 Å². The molecule has 0 aliphatic rings. The van der Waals surface area contributed by atoms with Crippen LogP contribution in [0.15, 0.2) is 18.2 Å². The molecule has 0 saturated carbocycles. The maximum absolute atomic E-state index is 5.40. The predicted molar refractivity (Wildman–Crippen MR) is 68.2 cm³/mol. The number of rotatable bonds is 9. The van der Waals surface area contributed by atoms with E-state index >= 15 is 0 Å². The zero-order valence-corrected chi connectivity index (χ0v) is 11.7. The molecule has 19 heavy (non-hydrogen) atoms.